The number of hydrogen-bond acceptors (Lipinski definition) is 8. The molecule has 0 unspecified atom stereocenters. The number of carbonyl (C=O) groups excluding carboxylic acids is 3. The number of ether oxygens (including phenoxy) is 5. The van der Waals surface area contributed by atoms with Gasteiger partial charge in [-0.1, -0.05) is 0 Å². The molecule has 1 aromatic rings. The van der Waals surface area contributed by atoms with Gasteiger partial charge in [-0.05, 0) is 69.0 Å². The quantitative estimate of drug-likeness (QED) is 0.350. The third kappa shape index (κ3) is 4.86. The van der Waals surface area contributed by atoms with Gasteiger partial charge in [0.1, 0.15) is 22.5 Å². The van der Waals surface area contributed by atoms with Crippen molar-refractivity contribution in [3.8, 4) is 11.5 Å². The van der Waals surface area contributed by atoms with Crippen LogP contribution in [0, 0.1) is 19.3 Å². The van der Waals surface area contributed by atoms with Crippen molar-refractivity contribution in [1.29, 1.82) is 0 Å². The molecule has 0 radical (unpaired) electrons. The molecular weight excluding hydrogens is 404 g/mol. The topological polar surface area (TPSA) is 97.4 Å². The van der Waals surface area contributed by atoms with Gasteiger partial charge in [0.15, 0.2) is 19.4 Å². The Bertz CT molecular complexity index is 933. The molecule has 0 atom stereocenters. The molecule has 0 bridgehead atoms. The molecule has 0 saturated heterocycles. The molecule has 1 aliphatic carbocycles. The standard InChI is InChI=1S/C23H28O8/c1-13-8-17(24)9-14(2)23(13,5)22(26)31-18-10-19(29-11-27-6)20(16(4)15(18)3)21(25)30-12-28-7/h8-10H,11-12H2,1-7H3. The number of hydrogen-bond donors (Lipinski definition) is 0. The van der Waals surface area contributed by atoms with Crippen LogP contribution in [0.25, 0.3) is 0 Å². The summed E-state index contributed by atoms with van der Waals surface area (Å²) in [6.45, 7) is 8.23. The van der Waals surface area contributed by atoms with Gasteiger partial charge in [-0.15, -0.1) is 0 Å². The summed E-state index contributed by atoms with van der Waals surface area (Å²) in [6, 6.07) is 1.46. The van der Waals surface area contributed by atoms with E-state index in [9.17, 15) is 14.4 Å². The summed E-state index contributed by atoms with van der Waals surface area (Å²) in [5, 5.41) is 0. The summed E-state index contributed by atoms with van der Waals surface area (Å²) in [6.07, 6.45) is 2.85. The molecule has 0 saturated carbocycles. The van der Waals surface area contributed by atoms with E-state index in [0.29, 0.717) is 22.3 Å². The highest BCUT2D eigenvalue weighted by molar-refractivity contribution is 6.05. The van der Waals surface area contributed by atoms with Crippen molar-refractivity contribution in [3.63, 3.8) is 0 Å². The molecule has 8 heteroatoms. The summed E-state index contributed by atoms with van der Waals surface area (Å²) < 4.78 is 26.1. The highest BCUT2D eigenvalue weighted by atomic mass is 16.7. The van der Waals surface area contributed by atoms with Gasteiger partial charge in [0.2, 0.25) is 0 Å². The summed E-state index contributed by atoms with van der Waals surface area (Å²) in [5.74, 6) is -0.964. The minimum absolute atomic E-state index is 0.121. The van der Waals surface area contributed by atoms with Gasteiger partial charge in [0.05, 0.1) is 0 Å². The first kappa shape index (κ1) is 24.3. The van der Waals surface area contributed by atoms with Gasteiger partial charge >= 0.3 is 11.9 Å². The van der Waals surface area contributed by atoms with E-state index >= 15 is 0 Å². The second-order valence-electron chi connectivity index (χ2n) is 7.46. The SMILES string of the molecule is COCOC(=O)c1c(OCOC)cc(OC(=O)C2(C)C(C)=CC(=O)C=C2C)c(C)c1C. The Labute approximate surface area is 181 Å². The molecule has 0 aromatic heterocycles. The van der Waals surface area contributed by atoms with E-state index in [1.807, 2.05) is 0 Å². The minimum atomic E-state index is -1.09. The monoisotopic (exact) mass is 432 g/mol. The van der Waals surface area contributed by atoms with Gasteiger partial charge < -0.3 is 23.7 Å². The molecule has 0 amide bonds. The Morgan fingerprint density at radius 3 is 2.03 bits per heavy atom. The third-order valence-electron chi connectivity index (χ3n) is 5.57. The molecule has 8 nitrogen and oxygen atoms in total. The maximum Gasteiger partial charge on any atom is 0.344 e. The van der Waals surface area contributed by atoms with E-state index in [1.165, 1.54) is 32.4 Å². The summed E-state index contributed by atoms with van der Waals surface area (Å²) in [7, 11) is 2.85. The first-order valence-corrected chi connectivity index (χ1v) is 9.63. The van der Waals surface area contributed by atoms with Gasteiger partial charge in [-0.25, -0.2) is 4.79 Å². The molecule has 0 spiro atoms. The average molecular weight is 432 g/mol. The maximum atomic E-state index is 13.2. The number of carbonyl (C=O) groups is 3. The second kappa shape index (κ2) is 9.89. The number of ketones is 1. The zero-order chi connectivity index (χ0) is 23.3. The van der Waals surface area contributed by atoms with Crippen molar-refractivity contribution in [2.45, 2.75) is 34.6 Å². The van der Waals surface area contributed by atoms with Crippen LogP contribution in [0.3, 0.4) is 0 Å². The van der Waals surface area contributed by atoms with Crippen LogP contribution in [0.5, 0.6) is 11.5 Å². The Kier molecular flexibility index (Phi) is 7.75. The van der Waals surface area contributed by atoms with Crippen LogP contribution in [0.15, 0.2) is 29.4 Å². The van der Waals surface area contributed by atoms with Crippen molar-refractivity contribution < 1.29 is 38.1 Å². The highest BCUT2D eigenvalue weighted by Gasteiger charge is 2.41. The molecule has 0 fully saturated rings. The fourth-order valence-electron chi connectivity index (χ4n) is 3.23. The average Bonchev–Trinajstić information content (AvgIpc) is 2.71. The molecule has 31 heavy (non-hydrogen) atoms. The van der Waals surface area contributed by atoms with Crippen molar-refractivity contribution in [2.75, 3.05) is 27.8 Å². The lowest BCUT2D eigenvalue weighted by molar-refractivity contribution is -0.141. The van der Waals surface area contributed by atoms with Crippen molar-refractivity contribution >= 4 is 17.7 Å². The lowest BCUT2D eigenvalue weighted by Gasteiger charge is -2.32. The minimum Gasteiger partial charge on any atom is -0.467 e. The summed E-state index contributed by atoms with van der Waals surface area (Å²) >= 11 is 0. The van der Waals surface area contributed by atoms with Crippen molar-refractivity contribution in [2.24, 2.45) is 5.41 Å². The number of allylic oxidation sites excluding steroid dienone is 2. The molecule has 0 heterocycles. The van der Waals surface area contributed by atoms with E-state index in [1.54, 1.807) is 34.6 Å². The van der Waals surface area contributed by atoms with E-state index in [2.05, 4.69) is 0 Å². The van der Waals surface area contributed by atoms with Gasteiger partial charge in [0, 0.05) is 20.3 Å². The Morgan fingerprint density at radius 2 is 1.48 bits per heavy atom. The second-order valence-corrected chi connectivity index (χ2v) is 7.46. The Balaban J connectivity index is 2.47. The van der Waals surface area contributed by atoms with E-state index in [-0.39, 0.29) is 36.4 Å². The fraction of sp³-hybridized carbons (Fsp3) is 0.435. The largest absolute Gasteiger partial charge is 0.467 e. The zero-order valence-electron chi connectivity index (χ0n) is 18.9. The summed E-state index contributed by atoms with van der Waals surface area (Å²) in [4.78, 5) is 37.5. The first-order valence-electron chi connectivity index (χ1n) is 9.63. The molecule has 2 rings (SSSR count). The number of benzene rings is 1. The lowest BCUT2D eigenvalue weighted by atomic mass is 9.73. The van der Waals surface area contributed by atoms with Gasteiger partial charge in [0.25, 0.3) is 0 Å². The van der Waals surface area contributed by atoms with E-state index < -0.39 is 17.4 Å². The predicted octanol–water partition coefficient (Wildman–Crippen LogP) is 3.43. The van der Waals surface area contributed by atoms with Gasteiger partial charge in [-0.2, -0.15) is 0 Å². The third-order valence-corrected chi connectivity index (χ3v) is 5.57. The van der Waals surface area contributed by atoms with Crippen LogP contribution in [0.1, 0.15) is 42.3 Å². The maximum absolute atomic E-state index is 13.2. The zero-order valence-corrected chi connectivity index (χ0v) is 18.9. The van der Waals surface area contributed by atoms with Crippen LogP contribution in [-0.2, 0) is 23.8 Å². The normalized spacial score (nSPS) is 15.1. The van der Waals surface area contributed by atoms with E-state index in [4.69, 9.17) is 23.7 Å². The highest BCUT2D eigenvalue weighted by Crippen LogP contribution is 2.41. The number of methoxy groups -OCH3 is 2. The Hall–Kier alpha value is -2.97. The molecule has 0 aliphatic heterocycles. The van der Waals surface area contributed by atoms with Gasteiger partial charge in [-0.3, -0.25) is 9.59 Å². The smallest absolute Gasteiger partial charge is 0.344 e. The fourth-order valence-corrected chi connectivity index (χ4v) is 3.23. The van der Waals surface area contributed by atoms with E-state index in [0.717, 1.165) is 0 Å². The Morgan fingerprint density at radius 1 is 0.903 bits per heavy atom. The number of esters is 2. The predicted molar refractivity (Wildman–Crippen MR) is 112 cm³/mol. The number of rotatable bonds is 8. The molecule has 168 valence electrons. The molecule has 1 aromatic carbocycles. The van der Waals surface area contributed by atoms with Crippen LogP contribution >= 0.6 is 0 Å². The van der Waals surface area contributed by atoms with Crippen LogP contribution < -0.4 is 9.47 Å². The molecular formula is C23H28O8. The lowest BCUT2D eigenvalue weighted by Crippen LogP contribution is -2.36. The first-order chi connectivity index (χ1) is 14.6. The van der Waals surface area contributed by atoms with Crippen LogP contribution in [0.4, 0.5) is 0 Å². The molecule has 0 N–H and O–H groups in total. The van der Waals surface area contributed by atoms with Crippen LogP contribution in [-0.4, -0.2) is 45.5 Å². The molecule has 1 aliphatic rings. The van der Waals surface area contributed by atoms with Crippen LogP contribution in [0.2, 0.25) is 0 Å². The van der Waals surface area contributed by atoms with Crippen molar-refractivity contribution in [3.05, 3.63) is 46.1 Å². The summed E-state index contributed by atoms with van der Waals surface area (Å²) in [5.41, 5.74) is 1.38. The van der Waals surface area contributed by atoms with Crippen molar-refractivity contribution in [1.82, 2.24) is 0 Å².